The maximum Gasteiger partial charge on any atom is 0.109 e. The maximum absolute atomic E-state index is 5.72. The monoisotopic (exact) mass is 222 g/mol. The van der Waals surface area contributed by atoms with Crippen molar-refractivity contribution in [1.29, 1.82) is 0 Å². The number of nitrogens with two attached hydrogens (primary N) is 1. The lowest BCUT2D eigenvalue weighted by Crippen LogP contribution is -2.40. The smallest absolute Gasteiger partial charge is 0.109 e. The van der Waals surface area contributed by atoms with Crippen molar-refractivity contribution in [3.63, 3.8) is 0 Å². The van der Waals surface area contributed by atoms with Gasteiger partial charge in [-0.1, -0.05) is 12.2 Å². The Balaban J connectivity index is 2.31. The molecule has 2 rings (SSSR count). The summed E-state index contributed by atoms with van der Waals surface area (Å²) >= 11 is 5.27. The van der Waals surface area contributed by atoms with Crippen LogP contribution >= 0.6 is 12.2 Å². The van der Waals surface area contributed by atoms with Crippen molar-refractivity contribution in [3.05, 3.63) is 23.8 Å². The van der Waals surface area contributed by atoms with E-state index in [0.29, 0.717) is 6.61 Å². The number of aryl methyl sites for hydroxylation is 1. The highest BCUT2D eigenvalue weighted by atomic mass is 32.1. The Bertz CT molecular complexity index is 392. The third-order valence-corrected chi connectivity index (χ3v) is 2.84. The SMILES string of the molecule is Cc1cc(N)ccc1N1CCOCC1=S. The highest BCUT2D eigenvalue weighted by Gasteiger charge is 2.18. The van der Waals surface area contributed by atoms with E-state index in [2.05, 4.69) is 4.90 Å². The number of hydrogen-bond acceptors (Lipinski definition) is 3. The Morgan fingerprint density at radius 1 is 1.47 bits per heavy atom. The molecular weight excluding hydrogens is 208 g/mol. The number of thiocarbonyl (C=S) groups is 1. The molecule has 0 spiro atoms. The Morgan fingerprint density at radius 3 is 2.93 bits per heavy atom. The van der Waals surface area contributed by atoms with Gasteiger partial charge in [-0.2, -0.15) is 0 Å². The predicted octanol–water partition coefficient (Wildman–Crippen LogP) is 1.74. The van der Waals surface area contributed by atoms with Gasteiger partial charge in [0.25, 0.3) is 0 Å². The van der Waals surface area contributed by atoms with E-state index in [4.69, 9.17) is 22.7 Å². The number of nitrogens with zero attached hydrogens (tertiary/aromatic N) is 1. The van der Waals surface area contributed by atoms with Crippen LogP contribution in [0.15, 0.2) is 18.2 Å². The van der Waals surface area contributed by atoms with E-state index in [9.17, 15) is 0 Å². The minimum atomic E-state index is 0.541. The molecule has 0 amide bonds. The van der Waals surface area contributed by atoms with Crippen LogP contribution in [0, 0.1) is 6.92 Å². The maximum atomic E-state index is 5.72. The Kier molecular flexibility index (Phi) is 2.88. The lowest BCUT2D eigenvalue weighted by Gasteiger charge is -2.30. The number of anilines is 2. The van der Waals surface area contributed by atoms with Gasteiger partial charge >= 0.3 is 0 Å². The topological polar surface area (TPSA) is 38.5 Å². The van der Waals surface area contributed by atoms with Crippen LogP contribution < -0.4 is 10.6 Å². The molecule has 0 aliphatic carbocycles. The van der Waals surface area contributed by atoms with E-state index >= 15 is 0 Å². The molecule has 4 heteroatoms. The average Bonchev–Trinajstić information content (AvgIpc) is 2.20. The van der Waals surface area contributed by atoms with Gasteiger partial charge in [-0.25, -0.2) is 0 Å². The molecule has 1 heterocycles. The molecule has 0 unspecified atom stereocenters. The third kappa shape index (κ3) is 2.11. The van der Waals surface area contributed by atoms with E-state index < -0.39 is 0 Å². The summed E-state index contributed by atoms with van der Waals surface area (Å²) in [5.41, 5.74) is 8.79. The van der Waals surface area contributed by atoms with Crippen molar-refractivity contribution in [2.45, 2.75) is 6.92 Å². The van der Waals surface area contributed by atoms with Gasteiger partial charge in [-0.3, -0.25) is 0 Å². The Labute approximate surface area is 94.8 Å². The van der Waals surface area contributed by atoms with Gasteiger partial charge in [-0.05, 0) is 30.7 Å². The van der Waals surface area contributed by atoms with Gasteiger partial charge in [-0.15, -0.1) is 0 Å². The van der Waals surface area contributed by atoms with Gasteiger partial charge in [0.15, 0.2) is 0 Å². The van der Waals surface area contributed by atoms with Gasteiger partial charge in [0.1, 0.15) is 4.99 Å². The summed E-state index contributed by atoms with van der Waals surface area (Å²) in [6.45, 7) is 4.14. The first-order valence-corrected chi connectivity index (χ1v) is 5.33. The molecule has 1 saturated heterocycles. The molecule has 0 bridgehead atoms. The zero-order valence-corrected chi connectivity index (χ0v) is 9.51. The summed E-state index contributed by atoms with van der Waals surface area (Å²) in [4.78, 5) is 2.96. The normalized spacial score (nSPS) is 16.9. The van der Waals surface area contributed by atoms with Crippen LogP contribution in [0.5, 0.6) is 0 Å². The van der Waals surface area contributed by atoms with Gasteiger partial charge < -0.3 is 15.4 Å². The number of ether oxygens (including phenoxy) is 1. The highest BCUT2D eigenvalue weighted by Crippen LogP contribution is 2.23. The predicted molar refractivity (Wildman–Crippen MR) is 66.4 cm³/mol. The Hall–Kier alpha value is -1.13. The second-order valence-electron chi connectivity index (χ2n) is 3.64. The highest BCUT2D eigenvalue weighted by molar-refractivity contribution is 7.80. The quantitative estimate of drug-likeness (QED) is 0.580. The lowest BCUT2D eigenvalue weighted by atomic mass is 10.1. The molecule has 1 aromatic carbocycles. The van der Waals surface area contributed by atoms with Crippen LogP contribution in [0.4, 0.5) is 11.4 Å². The van der Waals surface area contributed by atoms with E-state index in [1.807, 2.05) is 25.1 Å². The fourth-order valence-corrected chi connectivity index (χ4v) is 2.03. The van der Waals surface area contributed by atoms with Crippen molar-refractivity contribution in [3.8, 4) is 0 Å². The molecular formula is C11H14N2OS. The molecule has 1 aromatic rings. The number of nitrogen functional groups attached to an aromatic ring is 1. The van der Waals surface area contributed by atoms with E-state index in [0.717, 1.165) is 35.1 Å². The molecule has 1 aliphatic rings. The van der Waals surface area contributed by atoms with Crippen LogP contribution in [0.1, 0.15) is 5.56 Å². The number of rotatable bonds is 1. The fourth-order valence-electron chi connectivity index (χ4n) is 1.75. The largest absolute Gasteiger partial charge is 0.399 e. The first kappa shape index (κ1) is 10.4. The molecule has 80 valence electrons. The van der Waals surface area contributed by atoms with Crippen LogP contribution in [0.3, 0.4) is 0 Å². The first-order chi connectivity index (χ1) is 7.18. The summed E-state index contributed by atoms with van der Waals surface area (Å²) in [5, 5.41) is 0. The summed E-state index contributed by atoms with van der Waals surface area (Å²) in [6.07, 6.45) is 0. The molecule has 2 N–H and O–H groups in total. The van der Waals surface area contributed by atoms with Gasteiger partial charge in [0.2, 0.25) is 0 Å². The minimum Gasteiger partial charge on any atom is -0.399 e. The summed E-state index contributed by atoms with van der Waals surface area (Å²) in [6, 6.07) is 5.89. The van der Waals surface area contributed by atoms with Crippen molar-refractivity contribution in [1.82, 2.24) is 0 Å². The van der Waals surface area contributed by atoms with E-state index in [1.54, 1.807) is 0 Å². The van der Waals surface area contributed by atoms with Crippen LogP contribution in [-0.2, 0) is 4.74 Å². The number of hydrogen-bond donors (Lipinski definition) is 1. The fraction of sp³-hybridized carbons (Fsp3) is 0.364. The van der Waals surface area contributed by atoms with Crippen LogP contribution in [-0.4, -0.2) is 24.7 Å². The lowest BCUT2D eigenvalue weighted by molar-refractivity contribution is 0.168. The van der Waals surface area contributed by atoms with Crippen molar-refractivity contribution in [2.24, 2.45) is 0 Å². The molecule has 1 aliphatic heterocycles. The molecule has 0 atom stereocenters. The summed E-state index contributed by atoms with van der Waals surface area (Å²) in [5.74, 6) is 0. The summed E-state index contributed by atoms with van der Waals surface area (Å²) < 4.78 is 5.29. The van der Waals surface area contributed by atoms with Crippen molar-refractivity contribution >= 4 is 28.6 Å². The van der Waals surface area contributed by atoms with Crippen LogP contribution in [0.2, 0.25) is 0 Å². The number of morpholine rings is 1. The van der Waals surface area contributed by atoms with Crippen molar-refractivity contribution < 1.29 is 4.74 Å². The molecule has 0 saturated carbocycles. The second kappa shape index (κ2) is 4.16. The molecule has 3 nitrogen and oxygen atoms in total. The van der Waals surface area contributed by atoms with E-state index in [1.165, 1.54) is 0 Å². The zero-order chi connectivity index (χ0) is 10.8. The van der Waals surface area contributed by atoms with Crippen molar-refractivity contribution in [2.75, 3.05) is 30.4 Å². The molecule has 1 fully saturated rings. The minimum absolute atomic E-state index is 0.541. The van der Waals surface area contributed by atoms with E-state index in [-0.39, 0.29) is 0 Å². The first-order valence-electron chi connectivity index (χ1n) is 4.93. The van der Waals surface area contributed by atoms with Gasteiger partial charge in [0.05, 0.1) is 13.2 Å². The average molecular weight is 222 g/mol. The third-order valence-electron chi connectivity index (χ3n) is 2.50. The Morgan fingerprint density at radius 2 is 2.27 bits per heavy atom. The molecule has 15 heavy (non-hydrogen) atoms. The zero-order valence-electron chi connectivity index (χ0n) is 8.69. The summed E-state index contributed by atoms with van der Waals surface area (Å²) in [7, 11) is 0. The van der Waals surface area contributed by atoms with Crippen LogP contribution in [0.25, 0.3) is 0 Å². The molecule has 0 aromatic heterocycles. The standard InChI is InChI=1S/C11H14N2OS/c1-8-6-9(12)2-3-10(8)13-4-5-14-7-11(13)15/h2-3,6H,4-5,7,12H2,1H3. The second-order valence-corrected chi connectivity index (χ2v) is 4.12. The van der Waals surface area contributed by atoms with Gasteiger partial charge in [0, 0.05) is 17.9 Å². The number of benzene rings is 1. The molecule has 0 radical (unpaired) electrons.